The van der Waals surface area contributed by atoms with E-state index in [1.807, 2.05) is 30.3 Å². The predicted octanol–water partition coefficient (Wildman–Crippen LogP) is 1.95. The Labute approximate surface area is 115 Å². The van der Waals surface area contributed by atoms with Crippen molar-refractivity contribution in [2.24, 2.45) is 0 Å². The smallest absolute Gasteiger partial charge is 0.341 e. The van der Waals surface area contributed by atoms with E-state index in [-0.39, 0.29) is 12.6 Å². The van der Waals surface area contributed by atoms with Crippen molar-refractivity contribution in [2.75, 3.05) is 0 Å². The highest BCUT2D eigenvalue weighted by molar-refractivity contribution is 5.30. The summed E-state index contributed by atoms with van der Waals surface area (Å²) in [6.07, 6.45) is 3.15. The van der Waals surface area contributed by atoms with Gasteiger partial charge in [-0.05, 0) is 18.2 Å². The number of pyridine rings is 1. The first-order chi connectivity index (χ1) is 9.85. The van der Waals surface area contributed by atoms with Gasteiger partial charge in [0.25, 0.3) is 0 Å². The summed E-state index contributed by atoms with van der Waals surface area (Å²) in [6, 6.07) is 13.2. The number of ether oxygens (including phenoxy) is 1. The second-order valence-corrected chi connectivity index (χ2v) is 4.05. The molecule has 0 bridgehead atoms. The monoisotopic (exact) mass is 268 g/mol. The largest absolute Gasteiger partial charge is 0.423 e. The molecule has 0 amide bonds. The molecule has 3 aromatic rings. The maximum absolute atomic E-state index is 9.03. The van der Waals surface area contributed by atoms with Gasteiger partial charge in [-0.25, -0.2) is 4.68 Å². The van der Waals surface area contributed by atoms with Crippen molar-refractivity contribution in [3.63, 3.8) is 0 Å². The number of rotatable bonds is 4. The molecular formula is C14H12N4O2. The molecule has 6 nitrogen and oxygen atoms in total. The molecule has 0 spiro atoms. The van der Waals surface area contributed by atoms with Gasteiger partial charge in [-0.2, -0.15) is 4.98 Å². The Bertz CT molecular complexity index is 697. The van der Waals surface area contributed by atoms with Crippen molar-refractivity contribution in [1.82, 2.24) is 19.7 Å². The van der Waals surface area contributed by atoms with Crippen molar-refractivity contribution in [2.45, 2.75) is 6.61 Å². The van der Waals surface area contributed by atoms with E-state index < -0.39 is 0 Å². The Kier molecular flexibility index (Phi) is 3.38. The minimum atomic E-state index is -0.136. The van der Waals surface area contributed by atoms with E-state index in [9.17, 15) is 0 Å². The highest BCUT2D eigenvalue weighted by atomic mass is 16.5. The van der Waals surface area contributed by atoms with Gasteiger partial charge in [0.1, 0.15) is 12.1 Å². The first-order valence-corrected chi connectivity index (χ1v) is 6.06. The van der Waals surface area contributed by atoms with Crippen molar-refractivity contribution in [1.29, 1.82) is 0 Å². The van der Waals surface area contributed by atoms with Gasteiger partial charge in [0, 0.05) is 12.3 Å². The Hall–Kier alpha value is -2.73. The van der Waals surface area contributed by atoms with Crippen molar-refractivity contribution in [3.8, 4) is 17.4 Å². The van der Waals surface area contributed by atoms with E-state index in [0.29, 0.717) is 11.4 Å². The van der Waals surface area contributed by atoms with E-state index >= 15 is 0 Å². The third-order valence-corrected chi connectivity index (χ3v) is 2.65. The number of aliphatic hydroxyl groups excluding tert-OH is 1. The number of aliphatic hydroxyl groups is 1. The average Bonchev–Trinajstić information content (AvgIpc) is 2.97. The Morgan fingerprint density at radius 2 is 1.95 bits per heavy atom. The van der Waals surface area contributed by atoms with E-state index in [0.717, 1.165) is 5.69 Å². The molecule has 100 valence electrons. The molecule has 0 aliphatic carbocycles. The van der Waals surface area contributed by atoms with E-state index in [1.54, 1.807) is 29.3 Å². The number of para-hydroxylation sites is 1. The second kappa shape index (κ2) is 5.50. The molecule has 0 saturated carbocycles. The highest BCUT2D eigenvalue weighted by Gasteiger charge is 2.05. The van der Waals surface area contributed by atoms with E-state index in [4.69, 9.17) is 9.84 Å². The van der Waals surface area contributed by atoms with Crippen molar-refractivity contribution >= 4 is 0 Å². The molecule has 2 heterocycles. The molecule has 1 aromatic carbocycles. The fourth-order valence-electron chi connectivity index (χ4n) is 1.71. The lowest BCUT2D eigenvalue weighted by Gasteiger charge is -2.02. The van der Waals surface area contributed by atoms with E-state index in [1.165, 1.54) is 0 Å². The molecule has 0 saturated heterocycles. The summed E-state index contributed by atoms with van der Waals surface area (Å²) in [5, 5.41) is 13.3. The van der Waals surface area contributed by atoms with Crippen molar-refractivity contribution < 1.29 is 9.84 Å². The SMILES string of the molecule is OCc1cc(Oc2ncn(-c3ccccc3)n2)ccn1. The van der Waals surface area contributed by atoms with Crippen LogP contribution in [0, 0.1) is 0 Å². The third kappa shape index (κ3) is 2.65. The van der Waals surface area contributed by atoms with Crippen LogP contribution in [-0.2, 0) is 6.61 Å². The van der Waals surface area contributed by atoms with Crippen LogP contribution in [0.3, 0.4) is 0 Å². The van der Waals surface area contributed by atoms with Crippen molar-refractivity contribution in [3.05, 3.63) is 60.7 Å². The zero-order chi connectivity index (χ0) is 13.8. The summed E-state index contributed by atoms with van der Waals surface area (Å²) in [4.78, 5) is 8.07. The first-order valence-electron chi connectivity index (χ1n) is 6.06. The van der Waals surface area contributed by atoms with Crippen LogP contribution in [0.25, 0.3) is 5.69 Å². The maximum atomic E-state index is 9.03. The fraction of sp³-hybridized carbons (Fsp3) is 0.0714. The van der Waals surface area contributed by atoms with Gasteiger partial charge >= 0.3 is 6.01 Å². The van der Waals surface area contributed by atoms with Gasteiger partial charge in [0.2, 0.25) is 0 Å². The first kappa shape index (κ1) is 12.3. The zero-order valence-electron chi connectivity index (χ0n) is 10.5. The molecular weight excluding hydrogens is 256 g/mol. The predicted molar refractivity (Wildman–Crippen MR) is 71.6 cm³/mol. The quantitative estimate of drug-likeness (QED) is 0.783. The number of aromatic nitrogens is 4. The molecule has 0 unspecified atom stereocenters. The molecule has 6 heteroatoms. The lowest BCUT2D eigenvalue weighted by atomic mass is 10.3. The molecule has 20 heavy (non-hydrogen) atoms. The molecule has 0 aliphatic heterocycles. The van der Waals surface area contributed by atoms with Gasteiger partial charge < -0.3 is 9.84 Å². The standard InChI is InChI=1S/C14H12N4O2/c19-9-11-8-13(6-7-15-11)20-14-16-10-18(17-14)12-4-2-1-3-5-12/h1-8,10,19H,9H2. The van der Waals surface area contributed by atoms with Crippen LogP contribution in [0.2, 0.25) is 0 Å². The normalized spacial score (nSPS) is 10.4. The molecule has 0 aliphatic rings. The van der Waals surface area contributed by atoms with Gasteiger partial charge in [-0.15, -0.1) is 5.10 Å². The van der Waals surface area contributed by atoms with Crippen LogP contribution < -0.4 is 4.74 Å². The second-order valence-electron chi connectivity index (χ2n) is 4.05. The number of benzene rings is 1. The molecule has 1 N–H and O–H groups in total. The van der Waals surface area contributed by atoms with Crippen LogP contribution in [0.15, 0.2) is 55.0 Å². The van der Waals surface area contributed by atoms with Crippen LogP contribution in [0.5, 0.6) is 11.8 Å². The van der Waals surface area contributed by atoms with E-state index in [2.05, 4.69) is 15.1 Å². The Morgan fingerprint density at radius 1 is 1.10 bits per heavy atom. The van der Waals surface area contributed by atoms with Crippen LogP contribution in [0.1, 0.15) is 5.69 Å². The topological polar surface area (TPSA) is 73.1 Å². The van der Waals surface area contributed by atoms with Crippen LogP contribution in [0.4, 0.5) is 0 Å². The summed E-state index contributed by atoms with van der Waals surface area (Å²) >= 11 is 0. The van der Waals surface area contributed by atoms with Gasteiger partial charge in [0.15, 0.2) is 0 Å². The summed E-state index contributed by atoms with van der Waals surface area (Å²) < 4.78 is 7.16. The van der Waals surface area contributed by atoms with Gasteiger partial charge in [-0.3, -0.25) is 4.98 Å². The summed E-state index contributed by atoms with van der Waals surface area (Å²) in [5.41, 5.74) is 1.44. The highest BCUT2D eigenvalue weighted by Crippen LogP contribution is 2.18. The number of hydrogen-bond donors (Lipinski definition) is 1. The minimum absolute atomic E-state index is 0.136. The Morgan fingerprint density at radius 3 is 2.75 bits per heavy atom. The molecule has 0 radical (unpaired) electrons. The molecule has 2 aromatic heterocycles. The minimum Gasteiger partial charge on any atom is -0.423 e. The Balaban J connectivity index is 1.80. The number of hydrogen-bond acceptors (Lipinski definition) is 5. The molecule has 3 rings (SSSR count). The lowest BCUT2D eigenvalue weighted by Crippen LogP contribution is -1.95. The number of nitrogens with zero attached hydrogens (tertiary/aromatic N) is 4. The van der Waals surface area contributed by atoms with Gasteiger partial charge in [0.05, 0.1) is 18.0 Å². The summed E-state index contributed by atoms with van der Waals surface area (Å²) in [6.45, 7) is -0.136. The average molecular weight is 268 g/mol. The molecule has 0 atom stereocenters. The molecule has 0 fully saturated rings. The van der Waals surface area contributed by atoms with Crippen LogP contribution >= 0.6 is 0 Å². The van der Waals surface area contributed by atoms with Gasteiger partial charge in [-0.1, -0.05) is 18.2 Å². The van der Waals surface area contributed by atoms with Crippen LogP contribution in [-0.4, -0.2) is 24.9 Å². The summed E-state index contributed by atoms with van der Waals surface area (Å²) in [7, 11) is 0. The fourth-order valence-corrected chi connectivity index (χ4v) is 1.71. The zero-order valence-corrected chi connectivity index (χ0v) is 10.5. The maximum Gasteiger partial charge on any atom is 0.341 e. The summed E-state index contributed by atoms with van der Waals surface area (Å²) in [5.74, 6) is 0.537. The third-order valence-electron chi connectivity index (χ3n) is 2.65. The lowest BCUT2D eigenvalue weighted by molar-refractivity contribution is 0.276.